The van der Waals surface area contributed by atoms with Crippen LogP contribution in [-0.4, -0.2) is 29.1 Å². The van der Waals surface area contributed by atoms with Gasteiger partial charge < -0.3 is 14.1 Å². The number of carbonyl (C=O) groups excluding carboxylic acids is 2. The van der Waals surface area contributed by atoms with Gasteiger partial charge in [0.2, 0.25) is 5.78 Å². The molecule has 0 saturated carbocycles. The summed E-state index contributed by atoms with van der Waals surface area (Å²) in [6.45, 7) is 5.09. The number of thioether (sulfide) groups is 1. The maximum atomic E-state index is 12.7. The lowest BCUT2D eigenvalue weighted by atomic mass is 10.0. The van der Waals surface area contributed by atoms with Crippen LogP contribution < -0.4 is 0 Å². The Morgan fingerprint density at radius 2 is 2.11 bits per heavy atom. The number of nitrogens with zero attached hydrogens (tertiary/aromatic N) is 1. The molecule has 0 amide bonds. The summed E-state index contributed by atoms with van der Waals surface area (Å²) in [6.07, 6.45) is 1.23. The van der Waals surface area contributed by atoms with Crippen LogP contribution in [0.3, 0.4) is 0 Å². The number of nitrogens with one attached hydrogen (secondary N) is 1. The number of rotatable bonds is 8. The molecule has 9 heteroatoms. The molecule has 2 heterocycles. The van der Waals surface area contributed by atoms with Gasteiger partial charge >= 0.3 is 5.97 Å². The van der Waals surface area contributed by atoms with Crippen molar-refractivity contribution in [3.8, 4) is 6.07 Å². The third kappa shape index (κ3) is 4.89. The second-order valence-corrected chi connectivity index (χ2v) is 6.70. The fourth-order valence-electron chi connectivity index (χ4n) is 2.61. The zero-order valence-corrected chi connectivity index (χ0v) is 16.3. The SMILES string of the molecule is CCOC(=O)c1c(C)[nH]c(C(=O)/C(C#N)=C/c2ccc(CSC(F)F)o2)c1C. The average Bonchev–Trinajstić information content (AvgIpc) is 3.21. The molecule has 2 rings (SSSR count). The first kappa shape index (κ1) is 21.4. The second kappa shape index (κ2) is 9.37. The van der Waals surface area contributed by atoms with Gasteiger partial charge in [-0.25, -0.2) is 4.79 Å². The van der Waals surface area contributed by atoms with E-state index in [0.29, 0.717) is 28.8 Å². The monoisotopic (exact) mass is 408 g/mol. The standard InChI is InChI=1S/C19H18F2N2O4S/c1-4-26-18(25)15-10(2)16(23-11(15)3)17(24)12(8-22)7-13-5-6-14(27-13)9-28-19(20)21/h5-7,19,23H,4,9H2,1-3H3/b12-7+. The van der Waals surface area contributed by atoms with Gasteiger partial charge in [0.1, 0.15) is 23.2 Å². The second-order valence-electron chi connectivity index (χ2n) is 5.72. The minimum Gasteiger partial charge on any atom is -0.462 e. The number of hydrogen-bond donors (Lipinski definition) is 1. The molecular formula is C19H18F2N2O4S. The van der Waals surface area contributed by atoms with Gasteiger partial charge in [0.15, 0.2) is 0 Å². The van der Waals surface area contributed by atoms with Gasteiger partial charge in [0, 0.05) is 11.8 Å². The first-order valence-corrected chi connectivity index (χ1v) is 9.34. The van der Waals surface area contributed by atoms with E-state index in [-0.39, 0.29) is 35.0 Å². The lowest BCUT2D eigenvalue weighted by molar-refractivity contribution is 0.0525. The summed E-state index contributed by atoms with van der Waals surface area (Å²) < 4.78 is 34.8. The van der Waals surface area contributed by atoms with Gasteiger partial charge in [-0.2, -0.15) is 14.0 Å². The highest BCUT2D eigenvalue weighted by molar-refractivity contribution is 7.98. The Balaban J connectivity index is 2.29. The number of Topliss-reactive ketones (excluding diaryl/α,β-unsaturated/α-hetero) is 1. The molecule has 148 valence electrons. The molecule has 0 unspecified atom stereocenters. The number of allylic oxidation sites excluding steroid dienone is 1. The van der Waals surface area contributed by atoms with E-state index >= 15 is 0 Å². The quantitative estimate of drug-likeness (QED) is 0.296. The Labute approximate surface area is 164 Å². The van der Waals surface area contributed by atoms with Gasteiger partial charge in [-0.1, -0.05) is 11.8 Å². The Morgan fingerprint density at radius 3 is 2.71 bits per heavy atom. The van der Waals surface area contributed by atoms with Crippen molar-refractivity contribution in [1.82, 2.24) is 4.98 Å². The van der Waals surface area contributed by atoms with E-state index in [0.717, 1.165) is 0 Å². The number of aromatic nitrogens is 1. The Hall–Kier alpha value is -2.86. The van der Waals surface area contributed by atoms with Gasteiger partial charge in [-0.05, 0) is 38.5 Å². The van der Waals surface area contributed by atoms with Crippen LogP contribution in [0.4, 0.5) is 8.78 Å². The van der Waals surface area contributed by atoms with Crippen LogP contribution in [0.15, 0.2) is 22.1 Å². The van der Waals surface area contributed by atoms with E-state index < -0.39 is 17.5 Å². The first-order chi connectivity index (χ1) is 13.3. The molecule has 0 saturated heterocycles. The third-order valence-corrected chi connectivity index (χ3v) is 4.53. The molecule has 2 aromatic heterocycles. The predicted molar refractivity (Wildman–Crippen MR) is 100 cm³/mol. The number of nitriles is 1. The van der Waals surface area contributed by atoms with Crippen LogP contribution in [0.25, 0.3) is 6.08 Å². The lowest BCUT2D eigenvalue weighted by Gasteiger charge is -2.02. The zero-order chi connectivity index (χ0) is 20.8. The molecule has 0 aliphatic heterocycles. The van der Waals surface area contributed by atoms with Crippen molar-refractivity contribution < 1.29 is 27.5 Å². The number of H-pyrrole nitrogens is 1. The summed E-state index contributed by atoms with van der Waals surface area (Å²) in [4.78, 5) is 27.6. The smallest absolute Gasteiger partial charge is 0.340 e. The average molecular weight is 408 g/mol. The first-order valence-electron chi connectivity index (χ1n) is 8.29. The lowest BCUT2D eigenvalue weighted by Crippen LogP contribution is -2.08. The van der Waals surface area contributed by atoms with Crippen LogP contribution >= 0.6 is 11.8 Å². The van der Waals surface area contributed by atoms with E-state index in [2.05, 4.69) is 4.98 Å². The van der Waals surface area contributed by atoms with Crippen molar-refractivity contribution in [2.45, 2.75) is 32.3 Å². The molecular weight excluding hydrogens is 390 g/mol. The molecule has 2 aromatic rings. The summed E-state index contributed by atoms with van der Waals surface area (Å²) >= 11 is 0.410. The van der Waals surface area contributed by atoms with Crippen LogP contribution in [0.2, 0.25) is 0 Å². The van der Waals surface area contributed by atoms with Crippen molar-refractivity contribution in [2.75, 3.05) is 6.61 Å². The van der Waals surface area contributed by atoms with Gasteiger partial charge in [0.25, 0.3) is 5.76 Å². The van der Waals surface area contributed by atoms with Crippen molar-refractivity contribution in [1.29, 1.82) is 5.26 Å². The summed E-state index contributed by atoms with van der Waals surface area (Å²) in [6, 6.07) is 4.80. The fourth-order valence-corrected chi connectivity index (χ4v) is 3.05. The van der Waals surface area contributed by atoms with Gasteiger partial charge in [-0.3, -0.25) is 4.79 Å². The highest BCUT2D eigenvalue weighted by Crippen LogP contribution is 2.24. The van der Waals surface area contributed by atoms with E-state index in [1.165, 1.54) is 18.2 Å². The number of aryl methyl sites for hydroxylation is 1. The number of ketones is 1. The molecule has 28 heavy (non-hydrogen) atoms. The van der Waals surface area contributed by atoms with Crippen molar-refractivity contribution in [2.24, 2.45) is 0 Å². The van der Waals surface area contributed by atoms with Crippen molar-refractivity contribution in [3.63, 3.8) is 0 Å². The molecule has 6 nitrogen and oxygen atoms in total. The Morgan fingerprint density at radius 1 is 1.39 bits per heavy atom. The topological polar surface area (TPSA) is 96.1 Å². The van der Waals surface area contributed by atoms with Crippen molar-refractivity contribution in [3.05, 3.63) is 51.7 Å². The van der Waals surface area contributed by atoms with Crippen LogP contribution in [0.1, 0.15) is 50.5 Å². The summed E-state index contributed by atoms with van der Waals surface area (Å²) in [7, 11) is 0. The normalized spacial score (nSPS) is 11.5. The molecule has 0 aliphatic carbocycles. The number of aromatic amines is 1. The highest BCUT2D eigenvalue weighted by Gasteiger charge is 2.25. The number of carbonyl (C=O) groups is 2. The molecule has 0 aromatic carbocycles. The van der Waals surface area contributed by atoms with Crippen LogP contribution in [0.5, 0.6) is 0 Å². The zero-order valence-electron chi connectivity index (χ0n) is 15.5. The molecule has 0 spiro atoms. The number of hydrogen-bond acceptors (Lipinski definition) is 6. The van der Waals surface area contributed by atoms with Crippen molar-refractivity contribution >= 4 is 29.6 Å². The minimum absolute atomic E-state index is 0.0286. The summed E-state index contributed by atoms with van der Waals surface area (Å²) in [5.74, 6) is -3.22. The molecule has 0 radical (unpaired) electrons. The summed E-state index contributed by atoms with van der Waals surface area (Å²) in [5, 5.41) is 9.37. The van der Waals surface area contributed by atoms with E-state index in [1.807, 2.05) is 6.07 Å². The predicted octanol–water partition coefficient (Wildman–Crippen LogP) is 4.65. The van der Waals surface area contributed by atoms with Crippen LogP contribution in [0, 0.1) is 25.2 Å². The maximum absolute atomic E-state index is 12.7. The molecule has 0 atom stereocenters. The number of ether oxygens (including phenoxy) is 1. The molecule has 0 aliphatic rings. The van der Waals surface area contributed by atoms with Gasteiger partial charge in [0.05, 0.1) is 23.6 Å². The van der Waals surface area contributed by atoms with E-state index in [4.69, 9.17) is 9.15 Å². The van der Waals surface area contributed by atoms with Crippen LogP contribution in [-0.2, 0) is 10.5 Å². The third-order valence-electron chi connectivity index (χ3n) is 3.83. The molecule has 0 fully saturated rings. The van der Waals surface area contributed by atoms with E-state index in [1.54, 1.807) is 20.8 Å². The molecule has 1 N–H and O–H groups in total. The number of halogens is 2. The fraction of sp³-hybridized carbons (Fsp3) is 0.316. The Bertz CT molecular complexity index is 954. The number of furan rings is 1. The summed E-state index contributed by atoms with van der Waals surface area (Å²) in [5.41, 5.74) is 0.985. The van der Waals surface area contributed by atoms with E-state index in [9.17, 15) is 23.6 Å². The number of alkyl halides is 2. The molecule has 0 bridgehead atoms. The highest BCUT2D eigenvalue weighted by atomic mass is 32.2. The van der Waals surface area contributed by atoms with Gasteiger partial charge in [-0.15, -0.1) is 0 Å². The number of esters is 1. The Kier molecular flexibility index (Phi) is 7.18. The largest absolute Gasteiger partial charge is 0.462 e. The maximum Gasteiger partial charge on any atom is 0.340 e. The minimum atomic E-state index is -2.52.